The van der Waals surface area contributed by atoms with Crippen molar-refractivity contribution < 1.29 is 9.90 Å². The van der Waals surface area contributed by atoms with Crippen LogP contribution in [-0.2, 0) is 0 Å². The molecule has 1 atom stereocenters. The predicted molar refractivity (Wildman–Crippen MR) is 68.7 cm³/mol. The molecule has 1 N–H and O–H groups in total. The third-order valence-electron chi connectivity index (χ3n) is 2.98. The Morgan fingerprint density at radius 1 is 1.47 bits per heavy atom. The molecular weight excluding hydrogens is 216 g/mol. The Morgan fingerprint density at radius 3 is 2.59 bits per heavy atom. The molecule has 0 spiro atoms. The number of aryl methyl sites for hydroxylation is 1. The third-order valence-corrected chi connectivity index (χ3v) is 2.98. The van der Waals surface area contributed by atoms with Crippen LogP contribution in [0, 0.1) is 6.92 Å². The number of anilines is 1. The van der Waals surface area contributed by atoms with E-state index in [9.17, 15) is 9.90 Å². The fourth-order valence-corrected chi connectivity index (χ4v) is 1.82. The lowest BCUT2D eigenvalue weighted by Gasteiger charge is -2.29. The van der Waals surface area contributed by atoms with Gasteiger partial charge in [0, 0.05) is 18.3 Å². The summed E-state index contributed by atoms with van der Waals surface area (Å²) in [7, 11) is 0. The summed E-state index contributed by atoms with van der Waals surface area (Å²) in [6, 6.07) is 3.65. The molecule has 0 aliphatic rings. The zero-order valence-electron chi connectivity index (χ0n) is 10.9. The van der Waals surface area contributed by atoms with Crippen molar-refractivity contribution in [3.63, 3.8) is 0 Å². The molecule has 0 saturated heterocycles. The van der Waals surface area contributed by atoms with Gasteiger partial charge in [0.25, 0.3) is 0 Å². The van der Waals surface area contributed by atoms with Crippen LogP contribution in [-0.4, -0.2) is 28.6 Å². The Morgan fingerprint density at radius 2 is 2.12 bits per heavy atom. The van der Waals surface area contributed by atoms with Crippen LogP contribution in [0.4, 0.5) is 5.82 Å². The topological polar surface area (TPSA) is 53.4 Å². The number of carbonyl (C=O) groups is 1. The van der Waals surface area contributed by atoms with Crippen LogP contribution >= 0.6 is 0 Å². The Balaban J connectivity index is 3.25. The lowest BCUT2D eigenvalue weighted by molar-refractivity contribution is 0.0697. The van der Waals surface area contributed by atoms with E-state index in [1.807, 2.05) is 18.7 Å². The molecule has 0 aliphatic heterocycles. The molecule has 1 unspecified atom stereocenters. The van der Waals surface area contributed by atoms with Crippen molar-refractivity contribution in [2.45, 2.75) is 40.2 Å². The van der Waals surface area contributed by atoms with Gasteiger partial charge < -0.3 is 10.0 Å². The number of nitrogens with zero attached hydrogens (tertiary/aromatic N) is 2. The van der Waals surface area contributed by atoms with Crippen LogP contribution in [0.5, 0.6) is 0 Å². The van der Waals surface area contributed by atoms with Crippen molar-refractivity contribution in [2.24, 2.45) is 0 Å². The van der Waals surface area contributed by atoms with Gasteiger partial charge in [0.15, 0.2) is 0 Å². The summed E-state index contributed by atoms with van der Waals surface area (Å²) in [5.74, 6) is -0.344. The van der Waals surface area contributed by atoms with Crippen LogP contribution in [0.25, 0.3) is 0 Å². The van der Waals surface area contributed by atoms with Crippen molar-refractivity contribution >= 4 is 11.8 Å². The first-order valence-corrected chi connectivity index (χ1v) is 5.98. The molecule has 0 bridgehead atoms. The smallest absolute Gasteiger partial charge is 0.339 e. The van der Waals surface area contributed by atoms with Crippen LogP contribution in [0.1, 0.15) is 43.2 Å². The van der Waals surface area contributed by atoms with Gasteiger partial charge in [0.1, 0.15) is 11.4 Å². The summed E-state index contributed by atoms with van der Waals surface area (Å²) in [6.07, 6.45) is 0.961. The van der Waals surface area contributed by atoms with Crippen LogP contribution in [0.2, 0.25) is 0 Å². The molecule has 1 rings (SSSR count). The summed E-state index contributed by atoms with van der Waals surface area (Å²) >= 11 is 0. The van der Waals surface area contributed by atoms with Gasteiger partial charge >= 0.3 is 5.97 Å². The Bertz CT molecular complexity index is 404. The molecule has 0 amide bonds. The van der Waals surface area contributed by atoms with Gasteiger partial charge in [-0.3, -0.25) is 0 Å². The number of aromatic nitrogens is 1. The Kier molecular flexibility index (Phi) is 4.49. The van der Waals surface area contributed by atoms with Crippen LogP contribution in [0.15, 0.2) is 12.1 Å². The summed E-state index contributed by atoms with van der Waals surface area (Å²) in [4.78, 5) is 17.6. The Labute approximate surface area is 102 Å². The SMILES string of the molecule is CCC(C)N(CC)c1nc(C)ccc1C(=O)O. The maximum Gasteiger partial charge on any atom is 0.339 e. The molecule has 1 aromatic heterocycles. The highest BCUT2D eigenvalue weighted by atomic mass is 16.4. The summed E-state index contributed by atoms with van der Waals surface area (Å²) in [5, 5.41) is 9.19. The predicted octanol–water partition coefficient (Wildman–Crippen LogP) is 2.71. The standard InChI is InChI=1S/C13H20N2O2/c1-5-10(4)15(6-2)12-11(13(16)17)8-7-9(3)14-12/h7-8,10H,5-6H2,1-4H3,(H,16,17). The molecule has 4 nitrogen and oxygen atoms in total. The second-order valence-electron chi connectivity index (χ2n) is 4.17. The average molecular weight is 236 g/mol. The van der Waals surface area contributed by atoms with E-state index in [1.54, 1.807) is 12.1 Å². The minimum atomic E-state index is -0.922. The first kappa shape index (κ1) is 13.5. The normalized spacial score (nSPS) is 12.2. The van der Waals surface area contributed by atoms with E-state index >= 15 is 0 Å². The molecule has 0 radical (unpaired) electrons. The zero-order chi connectivity index (χ0) is 13.0. The number of carboxylic acid groups (broad SMARTS) is 1. The van der Waals surface area contributed by atoms with Gasteiger partial charge in [-0.2, -0.15) is 0 Å². The highest BCUT2D eigenvalue weighted by Crippen LogP contribution is 2.21. The summed E-state index contributed by atoms with van der Waals surface area (Å²) < 4.78 is 0. The first-order valence-electron chi connectivity index (χ1n) is 5.98. The maximum absolute atomic E-state index is 11.2. The van der Waals surface area contributed by atoms with Crippen molar-refractivity contribution in [1.29, 1.82) is 0 Å². The van der Waals surface area contributed by atoms with E-state index in [2.05, 4.69) is 18.8 Å². The fraction of sp³-hybridized carbons (Fsp3) is 0.538. The minimum Gasteiger partial charge on any atom is -0.478 e. The maximum atomic E-state index is 11.2. The minimum absolute atomic E-state index is 0.276. The van der Waals surface area contributed by atoms with Crippen LogP contribution < -0.4 is 4.90 Å². The van der Waals surface area contributed by atoms with Crippen molar-refractivity contribution in [3.8, 4) is 0 Å². The van der Waals surface area contributed by atoms with Gasteiger partial charge in [0.2, 0.25) is 0 Å². The lowest BCUT2D eigenvalue weighted by Crippen LogP contribution is -2.34. The summed E-state index contributed by atoms with van der Waals surface area (Å²) in [5.41, 5.74) is 1.12. The third kappa shape index (κ3) is 2.96. The highest BCUT2D eigenvalue weighted by Gasteiger charge is 2.19. The largest absolute Gasteiger partial charge is 0.478 e. The average Bonchev–Trinajstić information content (AvgIpc) is 2.29. The highest BCUT2D eigenvalue weighted by molar-refractivity contribution is 5.93. The van der Waals surface area contributed by atoms with Gasteiger partial charge in [-0.05, 0) is 39.3 Å². The number of hydrogen-bond acceptors (Lipinski definition) is 3. The number of rotatable bonds is 5. The molecule has 1 heterocycles. The molecular formula is C13H20N2O2. The Hall–Kier alpha value is -1.58. The van der Waals surface area contributed by atoms with Gasteiger partial charge in [-0.1, -0.05) is 6.92 Å². The first-order chi connectivity index (χ1) is 8.01. The molecule has 0 aliphatic carbocycles. The number of aromatic carboxylic acids is 1. The van der Waals surface area contributed by atoms with E-state index in [1.165, 1.54) is 0 Å². The zero-order valence-corrected chi connectivity index (χ0v) is 10.9. The lowest BCUT2D eigenvalue weighted by atomic mass is 10.1. The second-order valence-corrected chi connectivity index (χ2v) is 4.17. The number of carboxylic acids is 1. The van der Waals surface area contributed by atoms with E-state index in [0.29, 0.717) is 5.82 Å². The number of hydrogen-bond donors (Lipinski definition) is 1. The monoisotopic (exact) mass is 236 g/mol. The number of pyridine rings is 1. The molecule has 17 heavy (non-hydrogen) atoms. The van der Waals surface area contributed by atoms with E-state index in [0.717, 1.165) is 18.7 Å². The quantitative estimate of drug-likeness (QED) is 0.854. The molecule has 4 heteroatoms. The van der Waals surface area contributed by atoms with Crippen molar-refractivity contribution in [3.05, 3.63) is 23.4 Å². The molecule has 0 saturated carbocycles. The fourth-order valence-electron chi connectivity index (χ4n) is 1.82. The molecule has 0 fully saturated rings. The van der Waals surface area contributed by atoms with Gasteiger partial charge in [0.05, 0.1) is 0 Å². The molecule has 94 valence electrons. The van der Waals surface area contributed by atoms with Crippen molar-refractivity contribution in [1.82, 2.24) is 4.98 Å². The second kappa shape index (κ2) is 5.66. The molecule has 0 aromatic carbocycles. The molecule has 1 aromatic rings. The van der Waals surface area contributed by atoms with Gasteiger partial charge in [-0.25, -0.2) is 9.78 Å². The van der Waals surface area contributed by atoms with Gasteiger partial charge in [-0.15, -0.1) is 0 Å². The van der Waals surface area contributed by atoms with E-state index < -0.39 is 5.97 Å². The van der Waals surface area contributed by atoms with E-state index in [4.69, 9.17) is 0 Å². The van der Waals surface area contributed by atoms with Crippen LogP contribution in [0.3, 0.4) is 0 Å². The summed E-state index contributed by atoms with van der Waals surface area (Å²) in [6.45, 7) is 8.82. The van der Waals surface area contributed by atoms with Crippen molar-refractivity contribution in [2.75, 3.05) is 11.4 Å². The van der Waals surface area contributed by atoms with E-state index in [-0.39, 0.29) is 11.6 Å².